The first-order valence-corrected chi connectivity index (χ1v) is 5.86. The molecule has 2 rings (SSSR count). The summed E-state index contributed by atoms with van der Waals surface area (Å²) in [5, 5.41) is 10.5. The Morgan fingerprint density at radius 1 is 1.20 bits per heavy atom. The van der Waals surface area contributed by atoms with Gasteiger partial charge in [-0.3, -0.25) is 10.1 Å². The number of ether oxygens (including phenoxy) is 1. The van der Waals surface area contributed by atoms with Crippen molar-refractivity contribution < 1.29 is 18.4 Å². The van der Waals surface area contributed by atoms with Gasteiger partial charge in [0.05, 0.1) is 4.92 Å². The van der Waals surface area contributed by atoms with Crippen LogP contribution >= 0.6 is 11.6 Å². The molecular weight excluding hydrogens is 292 g/mol. The van der Waals surface area contributed by atoms with Gasteiger partial charge >= 0.3 is 0 Å². The molecule has 7 heteroatoms. The molecule has 0 heterocycles. The van der Waals surface area contributed by atoms with Crippen LogP contribution in [0.15, 0.2) is 36.4 Å². The van der Waals surface area contributed by atoms with Crippen molar-refractivity contribution in [2.45, 2.75) is 6.61 Å². The average Bonchev–Trinajstić information content (AvgIpc) is 2.39. The molecule has 0 saturated heterocycles. The van der Waals surface area contributed by atoms with Gasteiger partial charge in [0.2, 0.25) is 0 Å². The molecule has 0 aliphatic rings. The second kappa shape index (κ2) is 5.83. The van der Waals surface area contributed by atoms with Crippen molar-refractivity contribution in [3.8, 4) is 5.75 Å². The van der Waals surface area contributed by atoms with Gasteiger partial charge in [-0.25, -0.2) is 8.78 Å². The fourth-order valence-corrected chi connectivity index (χ4v) is 1.78. The standard InChI is InChI=1S/C13H8ClF2NO3/c14-11-6-10(2-4-13(11)17(18)19)20-7-8-5-9(15)1-3-12(8)16/h1-6H,7H2. The Bertz CT molecular complexity index is 664. The van der Waals surface area contributed by atoms with Gasteiger partial charge in [0, 0.05) is 17.7 Å². The van der Waals surface area contributed by atoms with Crippen LogP contribution in [0.4, 0.5) is 14.5 Å². The lowest BCUT2D eigenvalue weighted by Crippen LogP contribution is -1.99. The zero-order chi connectivity index (χ0) is 14.7. The van der Waals surface area contributed by atoms with Crippen LogP contribution in [0, 0.1) is 21.7 Å². The molecule has 0 bridgehead atoms. The topological polar surface area (TPSA) is 52.4 Å². The Labute approximate surface area is 117 Å². The monoisotopic (exact) mass is 299 g/mol. The normalized spacial score (nSPS) is 10.3. The van der Waals surface area contributed by atoms with Crippen LogP contribution in [0.25, 0.3) is 0 Å². The van der Waals surface area contributed by atoms with Crippen LogP contribution in [-0.4, -0.2) is 4.92 Å². The molecule has 0 unspecified atom stereocenters. The summed E-state index contributed by atoms with van der Waals surface area (Å²) in [5.74, 6) is -0.949. The van der Waals surface area contributed by atoms with E-state index in [0.29, 0.717) is 0 Å². The van der Waals surface area contributed by atoms with E-state index in [-0.39, 0.29) is 28.6 Å². The van der Waals surface area contributed by atoms with E-state index >= 15 is 0 Å². The Hall–Kier alpha value is -2.21. The number of halogens is 3. The Balaban J connectivity index is 2.13. The van der Waals surface area contributed by atoms with Gasteiger partial charge in [0.15, 0.2) is 0 Å². The summed E-state index contributed by atoms with van der Waals surface area (Å²) in [6, 6.07) is 6.78. The van der Waals surface area contributed by atoms with Gasteiger partial charge in [0.25, 0.3) is 5.69 Å². The number of nitro benzene ring substituents is 1. The highest BCUT2D eigenvalue weighted by Gasteiger charge is 2.13. The molecule has 2 aromatic carbocycles. The predicted molar refractivity (Wildman–Crippen MR) is 68.8 cm³/mol. The Kier molecular flexibility index (Phi) is 4.14. The molecule has 0 aliphatic heterocycles. The van der Waals surface area contributed by atoms with Gasteiger partial charge in [-0.15, -0.1) is 0 Å². The summed E-state index contributed by atoms with van der Waals surface area (Å²) in [6.45, 7) is -0.211. The van der Waals surface area contributed by atoms with Crippen molar-refractivity contribution in [3.05, 3.63) is 68.7 Å². The third-order valence-electron chi connectivity index (χ3n) is 2.52. The average molecular weight is 300 g/mol. The third-order valence-corrected chi connectivity index (χ3v) is 2.82. The minimum Gasteiger partial charge on any atom is -0.489 e. The summed E-state index contributed by atoms with van der Waals surface area (Å²) < 4.78 is 31.5. The van der Waals surface area contributed by atoms with Gasteiger partial charge in [-0.2, -0.15) is 0 Å². The maximum atomic E-state index is 13.4. The molecule has 0 saturated carbocycles. The molecule has 20 heavy (non-hydrogen) atoms. The molecule has 0 radical (unpaired) electrons. The summed E-state index contributed by atoms with van der Waals surface area (Å²) in [5.41, 5.74) is -0.213. The van der Waals surface area contributed by atoms with E-state index in [1.54, 1.807) is 0 Å². The maximum Gasteiger partial charge on any atom is 0.288 e. The largest absolute Gasteiger partial charge is 0.489 e. The lowest BCUT2D eigenvalue weighted by Gasteiger charge is -2.07. The molecule has 0 aliphatic carbocycles. The SMILES string of the molecule is O=[N+]([O-])c1ccc(OCc2cc(F)ccc2F)cc1Cl. The quantitative estimate of drug-likeness (QED) is 0.630. The number of hydrogen-bond donors (Lipinski definition) is 0. The van der Waals surface area contributed by atoms with E-state index in [2.05, 4.69) is 0 Å². The number of rotatable bonds is 4. The van der Waals surface area contributed by atoms with Crippen LogP contribution in [-0.2, 0) is 6.61 Å². The summed E-state index contributed by atoms with van der Waals surface area (Å²) in [6.07, 6.45) is 0. The minimum atomic E-state index is -0.627. The smallest absolute Gasteiger partial charge is 0.288 e. The predicted octanol–water partition coefficient (Wildman–Crippen LogP) is 4.11. The van der Waals surface area contributed by atoms with E-state index < -0.39 is 16.6 Å². The van der Waals surface area contributed by atoms with E-state index in [1.807, 2.05) is 0 Å². The highest BCUT2D eigenvalue weighted by Crippen LogP contribution is 2.28. The molecular formula is C13H8ClF2NO3. The Morgan fingerprint density at radius 3 is 2.60 bits per heavy atom. The second-order valence-corrected chi connectivity index (χ2v) is 4.30. The molecule has 0 fully saturated rings. The first-order valence-electron chi connectivity index (χ1n) is 5.48. The highest BCUT2D eigenvalue weighted by molar-refractivity contribution is 6.32. The van der Waals surface area contributed by atoms with Crippen LogP contribution in [0.1, 0.15) is 5.56 Å². The zero-order valence-electron chi connectivity index (χ0n) is 9.98. The molecule has 0 N–H and O–H groups in total. The fraction of sp³-hybridized carbons (Fsp3) is 0.0769. The summed E-state index contributed by atoms with van der Waals surface area (Å²) in [4.78, 5) is 9.96. The van der Waals surface area contributed by atoms with Crippen molar-refractivity contribution in [2.24, 2.45) is 0 Å². The molecule has 0 amide bonds. The third kappa shape index (κ3) is 3.21. The van der Waals surface area contributed by atoms with Crippen LogP contribution in [0.3, 0.4) is 0 Å². The van der Waals surface area contributed by atoms with Crippen molar-refractivity contribution >= 4 is 17.3 Å². The number of nitrogens with zero attached hydrogens (tertiary/aromatic N) is 1. The van der Waals surface area contributed by atoms with Crippen LogP contribution in [0.2, 0.25) is 5.02 Å². The van der Waals surface area contributed by atoms with Crippen LogP contribution < -0.4 is 4.74 Å². The van der Waals surface area contributed by atoms with Crippen molar-refractivity contribution in [2.75, 3.05) is 0 Å². The highest BCUT2D eigenvalue weighted by atomic mass is 35.5. The van der Waals surface area contributed by atoms with Crippen molar-refractivity contribution in [3.63, 3.8) is 0 Å². The molecule has 0 atom stereocenters. The number of benzene rings is 2. The lowest BCUT2D eigenvalue weighted by atomic mass is 10.2. The molecule has 2 aromatic rings. The fourth-order valence-electron chi connectivity index (χ4n) is 1.54. The van der Waals surface area contributed by atoms with E-state index in [4.69, 9.17) is 16.3 Å². The summed E-state index contributed by atoms with van der Waals surface area (Å²) >= 11 is 5.71. The molecule has 4 nitrogen and oxygen atoms in total. The van der Waals surface area contributed by atoms with Crippen molar-refractivity contribution in [1.29, 1.82) is 0 Å². The first kappa shape index (κ1) is 14.2. The van der Waals surface area contributed by atoms with Gasteiger partial charge < -0.3 is 4.74 Å². The van der Waals surface area contributed by atoms with Gasteiger partial charge in [-0.1, -0.05) is 11.6 Å². The van der Waals surface area contributed by atoms with Gasteiger partial charge in [-0.05, 0) is 24.3 Å². The van der Waals surface area contributed by atoms with E-state index in [9.17, 15) is 18.9 Å². The van der Waals surface area contributed by atoms with E-state index in [0.717, 1.165) is 18.2 Å². The number of hydrogen-bond acceptors (Lipinski definition) is 3. The minimum absolute atomic E-state index is 0.0412. The summed E-state index contributed by atoms with van der Waals surface area (Å²) in [7, 11) is 0. The van der Waals surface area contributed by atoms with Crippen molar-refractivity contribution in [1.82, 2.24) is 0 Å². The number of nitro groups is 1. The Morgan fingerprint density at radius 2 is 1.95 bits per heavy atom. The maximum absolute atomic E-state index is 13.4. The lowest BCUT2D eigenvalue weighted by molar-refractivity contribution is -0.384. The van der Waals surface area contributed by atoms with Crippen LogP contribution in [0.5, 0.6) is 5.75 Å². The van der Waals surface area contributed by atoms with E-state index in [1.165, 1.54) is 18.2 Å². The van der Waals surface area contributed by atoms with Gasteiger partial charge in [0.1, 0.15) is 29.0 Å². The first-order chi connectivity index (χ1) is 9.47. The molecule has 0 aromatic heterocycles. The zero-order valence-corrected chi connectivity index (χ0v) is 10.7. The molecule has 104 valence electrons. The second-order valence-electron chi connectivity index (χ2n) is 3.89. The molecule has 0 spiro atoms.